The Morgan fingerprint density at radius 1 is 1.15 bits per heavy atom. The first-order valence-corrected chi connectivity index (χ1v) is 7.75. The van der Waals surface area contributed by atoms with Crippen molar-refractivity contribution in [2.24, 2.45) is 0 Å². The number of aryl methyl sites for hydroxylation is 1. The van der Waals surface area contributed by atoms with Crippen molar-refractivity contribution in [2.75, 3.05) is 0 Å². The molecule has 0 bridgehead atoms. The van der Waals surface area contributed by atoms with Gasteiger partial charge in [-0.2, -0.15) is 0 Å². The van der Waals surface area contributed by atoms with Crippen LogP contribution in [-0.2, 0) is 10.0 Å². The lowest BCUT2D eigenvalue weighted by atomic mass is 10.2. The largest absolute Gasteiger partial charge is 0.268 e. The number of fused-ring (bicyclic) bond motifs is 1. The molecule has 0 saturated carbocycles. The minimum Gasteiger partial charge on any atom is -0.253 e. The highest BCUT2D eigenvalue weighted by atomic mass is 35.5. The number of halogens is 1. The van der Waals surface area contributed by atoms with E-state index in [1.807, 2.05) is 6.92 Å². The molecule has 102 valence electrons. The quantitative estimate of drug-likeness (QED) is 0.730. The lowest BCUT2D eigenvalue weighted by molar-refractivity contribution is 0.589. The Morgan fingerprint density at radius 2 is 1.85 bits per heavy atom. The summed E-state index contributed by atoms with van der Waals surface area (Å²) in [6.07, 6.45) is 2.98. The molecule has 0 aliphatic heterocycles. The van der Waals surface area contributed by atoms with Gasteiger partial charge in [0, 0.05) is 12.4 Å². The fourth-order valence-corrected chi connectivity index (χ4v) is 3.48. The maximum absolute atomic E-state index is 12.6. The van der Waals surface area contributed by atoms with Gasteiger partial charge in [0.15, 0.2) is 0 Å². The molecular weight excluding hydrogens is 296 g/mol. The molecule has 3 aromatic rings. The highest BCUT2D eigenvalue weighted by Crippen LogP contribution is 2.23. The van der Waals surface area contributed by atoms with E-state index in [-0.39, 0.29) is 4.90 Å². The van der Waals surface area contributed by atoms with Crippen molar-refractivity contribution in [3.8, 4) is 0 Å². The van der Waals surface area contributed by atoms with Crippen molar-refractivity contribution in [3.63, 3.8) is 0 Å². The molecule has 2 heterocycles. The zero-order valence-electron chi connectivity index (χ0n) is 10.6. The normalized spacial score (nSPS) is 11.9. The molecule has 0 aliphatic carbocycles. The highest BCUT2D eigenvalue weighted by Gasteiger charge is 2.19. The zero-order chi connectivity index (χ0) is 14.3. The number of aromatic nitrogens is 2. The maximum Gasteiger partial charge on any atom is 0.268 e. The van der Waals surface area contributed by atoms with Crippen LogP contribution < -0.4 is 0 Å². The van der Waals surface area contributed by atoms with Crippen LogP contribution in [0.2, 0.25) is 5.02 Å². The summed E-state index contributed by atoms with van der Waals surface area (Å²) in [5.74, 6) is 0. The first kappa shape index (κ1) is 13.1. The summed E-state index contributed by atoms with van der Waals surface area (Å²) in [5, 5.41) is 0.400. The molecule has 1 aromatic carbocycles. The minimum atomic E-state index is -3.64. The average Bonchev–Trinajstić information content (AvgIpc) is 2.82. The summed E-state index contributed by atoms with van der Waals surface area (Å²) in [4.78, 5) is 4.34. The van der Waals surface area contributed by atoms with Gasteiger partial charge in [-0.1, -0.05) is 29.3 Å². The standard InChI is InChI=1S/C14H11ClN2O2S/c1-10-2-4-12(5-3-10)20(18,19)17-7-6-13-14(17)8-11(15)9-16-13/h2-9H,1H3. The van der Waals surface area contributed by atoms with Crippen molar-refractivity contribution < 1.29 is 8.42 Å². The molecule has 3 rings (SSSR count). The molecule has 0 spiro atoms. The van der Waals surface area contributed by atoms with Gasteiger partial charge in [0.05, 0.1) is 21.0 Å². The van der Waals surface area contributed by atoms with Crippen LogP contribution in [-0.4, -0.2) is 17.4 Å². The van der Waals surface area contributed by atoms with Gasteiger partial charge in [-0.25, -0.2) is 12.4 Å². The molecular formula is C14H11ClN2O2S. The SMILES string of the molecule is Cc1ccc(S(=O)(=O)n2ccc3ncc(Cl)cc32)cc1. The summed E-state index contributed by atoms with van der Waals surface area (Å²) in [5.41, 5.74) is 2.06. The van der Waals surface area contributed by atoms with E-state index in [4.69, 9.17) is 11.6 Å². The minimum absolute atomic E-state index is 0.237. The zero-order valence-corrected chi connectivity index (χ0v) is 12.2. The van der Waals surface area contributed by atoms with E-state index in [0.29, 0.717) is 16.1 Å². The van der Waals surface area contributed by atoms with E-state index < -0.39 is 10.0 Å². The predicted octanol–water partition coefficient (Wildman–Crippen LogP) is 3.24. The Hall–Kier alpha value is -1.85. The second kappa shape index (κ2) is 4.61. The van der Waals surface area contributed by atoms with Gasteiger partial charge >= 0.3 is 0 Å². The summed E-state index contributed by atoms with van der Waals surface area (Å²) in [6, 6.07) is 9.96. The van der Waals surface area contributed by atoms with E-state index >= 15 is 0 Å². The summed E-state index contributed by atoms with van der Waals surface area (Å²) >= 11 is 5.89. The molecule has 0 fully saturated rings. The van der Waals surface area contributed by atoms with Gasteiger partial charge < -0.3 is 0 Å². The molecule has 0 N–H and O–H groups in total. The Labute approximate surface area is 121 Å². The van der Waals surface area contributed by atoms with Crippen LogP contribution in [0.15, 0.2) is 53.7 Å². The molecule has 0 radical (unpaired) electrons. The Morgan fingerprint density at radius 3 is 2.55 bits per heavy atom. The number of nitrogens with zero attached hydrogens (tertiary/aromatic N) is 2. The number of rotatable bonds is 2. The van der Waals surface area contributed by atoms with E-state index in [0.717, 1.165) is 5.56 Å². The van der Waals surface area contributed by atoms with Crippen molar-refractivity contribution in [2.45, 2.75) is 11.8 Å². The topological polar surface area (TPSA) is 52.0 Å². The molecule has 4 nitrogen and oxygen atoms in total. The predicted molar refractivity (Wildman–Crippen MR) is 78.5 cm³/mol. The van der Waals surface area contributed by atoms with E-state index in [1.165, 1.54) is 16.4 Å². The Balaban J connectivity index is 2.23. The third-order valence-electron chi connectivity index (χ3n) is 3.05. The lowest BCUT2D eigenvalue weighted by Gasteiger charge is -2.07. The maximum atomic E-state index is 12.6. The molecule has 0 amide bonds. The fourth-order valence-electron chi connectivity index (χ4n) is 2.00. The van der Waals surface area contributed by atoms with Gasteiger partial charge in [0.25, 0.3) is 10.0 Å². The van der Waals surface area contributed by atoms with Gasteiger partial charge in [-0.15, -0.1) is 0 Å². The van der Waals surface area contributed by atoms with Crippen molar-refractivity contribution in [1.82, 2.24) is 8.96 Å². The monoisotopic (exact) mass is 306 g/mol. The van der Waals surface area contributed by atoms with Crippen molar-refractivity contribution >= 4 is 32.7 Å². The van der Waals surface area contributed by atoms with Gasteiger partial charge in [-0.05, 0) is 31.2 Å². The Bertz CT molecular complexity index is 883. The third kappa shape index (κ3) is 2.09. The highest BCUT2D eigenvalue weighted by molar-refractivity contribution is 7.90. The number of pyridine rings is 1. The molecule has 6 heteroatoms. The molecule has 0 saturated heterocycles. The van der Waals surface area contributed by atoms with Crippen molar-refractivity contribution in [3.05, 3.63) is 59.4 Å². The molecule has 20 heavy (non-hydrogen) atoms. The van der Waals surface area contributed by atoms with E-state index in [1.54, 1.807) is 36.4 Å². The van der Waals surface area contributed by atoms with E-state index in [2.05, 4.69) is 4.98 Å². The van der Waals surface area contributed by atoms with Crippen molar-refractivity contribution in [1.29, 1.82) is 0 Å². The molecule has 0 unspecified atom stereocenters. The second-order valence-electron chi connectivity index (χ2n) is 4.49. The lowest BCUT2D eigenvalue weighted by Crippen LogP contribution is -2.11. The number of hydrogen-bond acceptors (Lipinski definition) is 3. The Kier molecular flexibility index (Phi) is 3.03. The van der Waals surface area contributed by atoms with Crippen LogP contribution in [0.1, 0.15) is 5.56 Å². The third-order valence-corrected chi connectivity index (χ3v) is 4.96. The van der Waals surface area contributed by atoms with Crippen LogP contribution in [0.4, 0.5) is 0 Å². The smallest absolute Gasteiger partial charge is 0.253 e. The van der Waals surface area contributed by atoms with Gasteiger partial charge in [0.2, 0.25) is 0 Å². The molecule has 2 aromatic heterocycles. The van der Waals surface area contributed by atoms with Gasteiger partial charge in [0.1, 0.15) is 0 Å². The van der Waals surface area contributed by atoms with Crippen LogP contribution >= 0.6 is 11.6 Å². The van der Waals surface area contributed by atoms with Crippen LogP contribution in [0.3, 0.4) is 0 Å². The first-order valence-electron chi connectivity index (χ1n) is 5.93. The number of hydrogen-bond donors (Lipinski definition) is 0. The average molecular weight is 307 g/mol. The number of benzene rings is 1. The van der Waals surface area contributed by atoms with Crippen LogP contribution in [0, 0.1) is 6.92 Å². The molecule has 0 atom stereocenters. The summed E-state index contributed by atoms with van der Waals surface area (Å²) < 4.78 is 26.4. The fraction of sp³-hybridized carbons (Fsp3) is 0.0714. The van der Waals surface area contributed by atoms with Gasteiger partial charge in [-0.3, -0.25) is 4.98 Å². The van der Waals surface area contributed by atoms with E-state index in [9.17, 15) is 8.42 Å². The second-order valence-corrected chi connectivity index (χ2v) is 6.74. The molecule has 0 aliphatic rings. The summed E-state index contributed by atoms with van der Waals surface area (Å²) in [6.45, 7) is 1.91. The first-order chi connectivity index (χ1) is 9.48. The van der Waals surface area contributed by atoms with Crippen LogP contribution in [0.25, 0.3) is 11.0 Å². The van der Waals surface area contributed by atoms with Crippen LogP contribution in [0.5, 0.6) is 0 Å². The summed E-state index contributed by atoms with van der Waals surface area (Å²) in [7, 11) is -3.64.